The first-order chi connectivity index (χ1) is 34.2. The van der Waals surface area contributed by atoms with Gasteiger partial charge in [0.05, 0.1) is 22.1 Å². The minimum Gasteiger partial charge on any atom is -0.310 e. The molecular formula is C66H45N3. The van der Waals surface area contributed by atoms with E-state index in [-0.39, 0.29) is 0 Å². The first-order valence-electron chi connectivity index (χ1n) is 23.7. The number of benzene rings is 11. The van der Waals surface area contributed by atoms with E-state index in [0.717, 1.165) is 56.3 Å². The maximum Gasteiger partial charge on any atom is 0.0547 e. The van der Waals surface area contributed by atoms with Crippen molar-refractivity contribution in [3.63, 3.8) is 0 Å². The summed E-state index contributed by atoms with van der Waals surface area (Å²) < 4.78 is 4.81. The Morgan fingerprint density at radius 2 is 0.609 bits per heavy atom. The fraction of sp³-hybridized carbons (Fsp3) is 0. The number of fused-ring (bicyclic) bond motifs is 6. The summed E-state index contributed by atoms with van der Waals surface area (Å²) in [6.07, 6.45) is 0. The normalized spacial score (nSPS) is 11.5. The van der Waals surface area contributed by atoms with Gasteiger partial charge in [0.1, 0.15) is 0 Å². The van der Waals surface area contributed by atoms with Gasteiger partial charge < -0.3 is 14.0 Å². The van der Waals surface area contributed by atoms with Crippen LogP contribution in [-0.4, -0.2) is 9.13 Å². The average molecular weight is 880 g/mol. The van der Waals surface area contributed by atoms with Crippen LogP contribution in [-0.2, 0) is 0 Å². The fourth-order valence-corrected chi connectivity index (χ4v) is 10.4. The molecular weight excluding hydrogens is 835 g/mol. The molecule has 0 unspecified atom stereocenters. The molecule has 3 nitrogen and oxygen atoms in total. The van der Waals surface area contributed by atoms with Gasteiger partial charge >= 0.3 is 0 Å². The van der Waals surface area contributed by atoms with Crippen molar-refractivity contribution in [2.75, 3.05) is 4.90 Å². The molecule has 2 heterocycles. The molecule has 0 aliphatic carbocycles. The summed E-state index contributed by atoms with van der Waals surface area (Å²) >= 11 is 0. The van der Waals surface area contributed by atoms with Crippen LogP contribution in [0.3, 0.4) is 0 Å². The third-order valence-corrected chi connectivity index (χ3v) is 13.7. The first-order valence-corrected chi connectivity index (χ1v) is 23.7. The Hall–Kier alpha value is -9.18. The largest absolute Gasteiger partial charge is 0.310 e. The number of aromatic nitrogens is 2. The van der Waals surface area contributed by atoms with Gasteiger partial charge in [-0.25, -0.2) is 0 Å². The van der Waals surface area contributed by atoms with Gasteiger partial charge in [0.25, 0.3) is 0 Å². The molecule has 0 saturated carbocycles. The molecule has 13 rings (SSSR count). The molecule has 11 aromatic carbocycles. The molecule has 0 amide bonds. The summed E-state index contributed by atoms with van der Waals surface area (Å²) in [5.41, 5.74) is 19.7. The van der Waals surface area contributed by atoms with Gasteiger partial charge in [-0.2, -0.15) is 0 Å². The quantitative estimate of drug-likeness (QED) is 0.141. The lowest BCUT2D eigenvalue weighted by atomic mass is 9.92. The molecule has 0 N–H and O–H groups in total. The zero-order chi connectivity index (χ0) is 45.7. The highest BCUT2D eigenvalue weighted by atomic mass is 15.1. The Bertz CT molecular complexity index is 3940. The predicted molar refractivity (Wildman–Crippen MR) is 292 cm³/mol. The van der Waals surface area contributed by atoms with E-state index in [1.807, 2.05) is 0 Å². The van der Waals surface area contributed by atoms with Gasteiger partial charge in [0.2, 0.25) is 0 Å². The molecule has 0 saturated heterocycles. The minimum absolute atomic E-state index is 1.09. The lowest BCUT2D eigenvalue weighted by molar-refractivity contribution is 1.18. The first kappa shape index (κ1) is 40.1. The molecule has 0 aliphatic heterocycles. The van der Waals surface area contributed by atoms with Gasteiger partial charge in [0, 0.05) is 50.0 Å². The Morgan fingerprint density at radius 3 is 1.25 bits per heavy atom. The molecule has 324 valence electrons. The maximum absolute atomic E-state index is 2.41. The van der Waals surface area contributed by atoms with E-state index in [1.54, 1.807) is 0 Å². The van der Waals surface area contributed by atoms with Crippen molar-refractivity contribution in [1.82, 2.24) is 9.13 Å². The highest BCUT2D eigenvalue weighted by Crippen LogP contribution is 2.42. The van der Waals surface area contributed by atoms with Crippen molar-refractivity contribution in [3.8, 4) is 55.9 Å². The lowest BCUT2D eigenvalue weighted by Crippen LogP contribution is -2.09. The van der Waals surface area contributed by atoms with Gasteiger partial charge in [-0.05, 0) is 154 Å². The Balaban J connectivity index is 0.997. The van der Waals surface area contributed by atoms with Crippen molar-refractivity contribution in [1.29, 1.82) is 0 Å². The van der Waals surface area contributed by atoms with Crippen molar-refractivity contribution >= 4 is 60.7 Å². The van der Waals surface area contributed by atoms with E-state index in [4.69, 9.17) is 0 Å². The number of hydrogen-bond acceptors (Lipinski definition) is 1. The predicted octanol–water partition coefficient (Wildman–Crippen LogP) is 18.0. The minimum atomic E-state index is 1.09. The number of anilines is 3. The molecule has 0 fully saturated rings. The summed E-state index contributed by atoms with van der Waals surface area (Å²) in [6.45, 7) is 0. The van der Waals surface area contributed by atoms with Gasteiger partial charge in [-0.3, -0.25) is 0 Å². The molecule has 2 aromatic heterocycles. The van der Waals surface area contributed by atoms with Crippen LogP contribution < -0.4 is 4.90 Å². The van der Waals surface area contributed by atoms with E-state index in [2.05, 4.69) is 287 Å². The van der Waals surface area contributed by atoms with Crippen LogP contribution in [0.1, 0.15) is 0 Å². The van der Waals surface area contributed by atoms with Gasteiger partial charge in [0.15, 0.2) is 0 Å². The number of nitrogens with zero attached hydrogens (tertiary/aromatic N) is 3. The smallest absolute Gasteiger partial charge is 0.0547 e. The molecule has 13 aromatic rings. The molecule has 0 aliphatic rings. The fourth-order valence-electron chi connectivity index (χ4n) is 10.4. The van der Waals surface area contributed by atoms with E-state index in [9.17, 15) is 0 Å². The second-order valence-electron chi connectivity index (χ2n) is 17.8. The van der Waals surface area contributed by atoms with Crippen LogP contribution in [0, 0.1) is 0 Å². The summed E-state index contributed by atoms with van der Waals surface area (Å²) in [6, 6.07) is 99.2. The zero-order valence-electron chi connectivity index (χ0n) is 37.8. The number of para-hydroxylation sites is 5. The van der Waals surface area contributed by atoms with Crippen LogP contribution in [0.25, 0.3) is 99.5 Å². The SMILES string of the molecule is c1ccc(-c2ccc(-n3c4ccccc4c4cc(-c5cc(-c6cccc(N(c7ccccc7)c7ccccc7)c6)cc(-c6ccc7c8ccccc8n(-c8ccccc8)c7c6)c5)ccc43)cc2)cc1. The van der Waals surface area contributed by atoms with Crippen LogP contribution in [0.4, 0.5) is 17.1 Å². The van der Waals surface area contributed by atoms with E-state index in [1.165, 1.54) is 60.3 Å². The Labute approximate surface area is 401 Å². The Morgan fingerprint density at radius 1 is 0.203 bits per heavy atom. The molecule has 0 bridgehead atoms. The van der Waals surface area contributed by atoms with E-state index < -0.39 is 0 Å². The van der Waals surface area contributed by atoms with Crippen molar-refractivity contribution in [2.45, 2.75) is 0 Å². The number of hydrogen-bond donors (Lipinski definition) is 0. The van der Waals surface area contributed by atoms with Crippen molar-refractivity contribution in [3.05, 3.63) is 273 Å². The standard InChI is InChI=1S/C66H45N3/c1-5-18-46(19-6-1)47-32-36-57(37-33-47)68-64-31-16-14-29-60(64)62-44-49(35-39-65(62)68)52-40-51(48-20-17-27-58(43-48)67(54-21-7-2-8-22-54)55-23-9-3-10-24-55)41-53(42-52)50-34-38-61-59-28-13-15-30-63(59)69(66(61)45-50)56-25-11-4-12-26-56/h1-45H. The van der Waals surface area contributed by atoms with Crippen molar-refractivity contribution < 1.29 is 0 Å². The Kier molecular flexibility index (Phi) is 9.84. The summed E-state index contributed by atoms with van der Waals surface area (Å²) in [7, 11) is 0. The van der Waals surface area contributed by atoms with Gasteiger partial charge in [-0.15, -0.1) is 0 Å². The van der Waals surface area contributed by atoms with Crippen LogP contribution in [0.15, 0.2) is 273 Å². The summed E-state index contributed by atoms with van der Waals surface area (Å²) in [5.74, 6) is 0. The maximum atomic E-state index is 2.41. The lowest BCUT2D eigenvalue weighted by Gasteiger charge is -2.26. The van der Waals surface area contributed by atoms with Crippen LogP contribution in [0.5, 0.6) is 0 Å². The topological polar surface area (TPSA) is 13.1 Å². The number of rotatable bonds is 9. The van der Waals surface area contributed by atoms with Crippen LogP contribution in [0.2, 0.25) is 0 Å². The average Bonchev–Trinajstić information content (AvgIpc) is 3.94. The third kappa shape index (κ3) is 7.16. The third-order valence-electron chi connectivity index (χ3n) is 13.7. The highest BCUT2D eigenvalue weighted by molar-refractivity contribution is 6.12. The second-order valence-corrected chi connectivity index (χ2v) is 17.8. The summed E-state index contributed by atoms with van der Waals surface area (Å²) in [4.78, 5) is 2.34. The highest BCUT2D eigenvalue weighted by Gasteiger charge is 2.18. The zero-order valence-corrected chi connectivity index (χ0v) is 37.8. The molecule has 0 radical (unpaired) electrons. The molecule has 69 heavy (non-hydrogen) atoms. The van der Waals surface area contributed by atoms with E-state index in [0.29, 0.717) is 0 Å². The van der Waals surface area contributed by atoms with Crippen molar-refractivity contribution in [2.24, 2.45) is 0 Å². The van der Waals surface area contributed by atoms with E-state index >= 15 is 0 Å². The van der Waals surface area contributed by atoms with Crippen LogP contribution >= 0.6 is 0 Å². The molecule has 3 heteroatoms. The monoisotopic (exact) mass is 879 g/mol. The summed E-state index contributed by atoms with van der Waals surface area (Å²) in [5, 5.41) is 4.93. The molecule has 0 spiro atoms. The van der Waals surface area contributed by atoms with Gasteiger partial charge in [-0.1, -0.05) is 164 Å². The molecule has 0 atom stereocenters. The second kappa shape index (κ2) is 16.9.